The normalized spacial score (nSPS) is 8.88. The van der Waals surface area contributed by atoms with E-state index < -0.39 is 0 Å². The Morgan fingerprint density at radius 3 is 2.50 bits per heavy atom. The Hall–Kier alpha value is 0.230. The van der Waals surface area contributed by atoms with Crippen LogP contribution in [-0.2, 0) is 0 Å². The zero-order valence-corrected chi connectivity index (χ0v) is 7.18. The van der Waals surface area contributed by atoms with Crippen LogP contribution in [-0.4, -0.2) is 23.0 Å². The molecule has 48 valence electrons. The molecule has 2 nitrogen and oxygen atoms in total. The SMILES string of the molecule is C=C(CI)N(C)CN. The fraction of sp³-hybridized carbons (Fsp3) is 0.600. The van der Waals surface area contributed by atoms with E-state index in [1.165, 1.54) is 0 Å². The number of hydrogen-bond acceptors (Lipinski definition) is 2. The molecule has 0 amide bonds. The van der Waals surface area contributed by atoms with Crippen LogP contribution in [0.3, 0.4) is 0 Å². The molecule has 0 unspecified atom stereocenters. The number of nitrogens with two attached hydrogens (primary N) is 1. The molecule has 2 N–H and O–H groups in total. The van der Waals surface area contributed by atoms with E-state index in [2.05, 4.69) is 29.2 Å². The molecule has 0 radical (unpaired) electrons. The van der Waals surface area contributed by atoms with Crippen LogP contribution in [0.5, 0.6) is 0 Å². The number of halogens is 1. The van der Waals surface area contributed by atoms with Crippen LogP contribution in [0.15, 0.2) is 12.3 Å². The average Bonchev–Trinajstić information content (AvgIpc) is 1.84. The van der Waals surface area contributed by atoms with Gasteiger partial charge in [0.25, 0.3) is 0 Å². The predicted molar refractivity (Wildman–Crippen MR) is 44.8 cm³/mol. The second kappa shape index (κ2) is 4.14. The fourth-order valence-electron chi connectivity index (χ4n) is 0.231. The summed E-state index contributed by atoms with van der Waals surface area (Å²) in [5.74, 6) is 0. The molecule has 0 aromatic heterocycles. The molecule has 0 aromatic carbocycles. The van der Waals surface area contributed by atoms with Gasteiger partial charge >= 0.3 is 0 Å². The molecule has 0 aromatic rings. The molecule has 0 aliphatic rings. The van der Waals surface area contributed by atoms with Gasteiger partial charge in [0.05, 0.1) is 6.67 Å². The Balaban J connectivity index is 3.46. The molecule has 0 aliphatic carbocycles. The topological polar surface area (TPSA) is 29.3 Å². The number of allylic oxidation sites excluding steroid dienone is 1. The molecular formula is C5H11IN2. The minimum Gasteiger partial charge on any atom is -0.365 e. The fourth-order valence-corrected chi connectivity index (χ4v) is 0.813. The average molecular weight is 226 g/mol. The Bertz CT molecular complexity index is 82.5. The van der Waals surface area contributed by atoms with Crippen molar-refractivity contribution in [3.8, 4) is 0 Å². The van der Waals surface area contributed by atoms with Crippen molar-refractivity contribution in [2.75, 3.05) is 18.1 Å². The molecule has 0 saturated heterocycles. The zero-order valence-electron chi connectivity index (χ0n) is 5.02. The molecule has 0 spiro atoms. The van der Waals surface area contributed by atoms with Gasteiger partial charge in [-0.25, -0.2) is 0 Å². The van der Waals surface area contributed by atoms with E-state index in [1.807, 2.05) is 11.9 Å². The molecule has 0 rings (SSSR count). The minimum atomic E-state index is 0.557. The quantitative estimate of drug-likeness (QED) is 0.437. The lowest BCUT2D eigenvalue weighted by Gasteiger charge is -2.16. The van der Waals surface area contributed by atoms with Crippen molar-refractivity contribution in [2.24, 2.45) is 5.73 Å². The second-order valence-electron chi connectivity index (χ2n) is 1.58. The zero-order chi connectivity index (χ0) is 6.57. The summed E-state index contributed by atoms with van der Waals surface area (Å²) in [6.07, 6.45) is 0. The van der Waals surface area contributed by atoms with Crippen LogP contribution in [0.2, 0.25) is 0 Å². The molecule has 8 heavy (non-hydrogen) atoms. The van der Waals surface area contributed by atoms with Gasteiger partial charge in [-0.15, -0.1) is 0 Å². The monoisotopic (exact) mass is 226 g/mol. The number of rotatable bonds is 3. The van der Waals surface area contributed by atoms with E-state index in [-0.39, 0.29) is 0 Å². The van der Waals surface area contributed by atoms with Gasteiger partial charge in [0.1, 0.15) is 0 Å². The summed E-state index contributed by atoms with van der Waals surface area (Å²) in [5, 5.41) is 0. The van der Waals surface area contributed by atoms with Crippen molar-refractivity contribution >= 4 is 22.6 Å². The summed E-state index contributed by atoms with van der Waals surface area (Å²) in [6.45, 7) is 4.34. The van der Waals surface area contributed by atoms with E-state index in [9.17, 15) is 0 Å². The first kappa shape index (κ1) is 8.23. The minimum absolute atomic E-state index is 0.557. The van der Waals surface area contributed by atoms with Crippen molar-refractivity contribution in [2.45, 2.75) is 0 Å². The van der Waals surface area contributed by atoms with Crippen LogP contribution in [0.25, 0.3) is 0 Å². The molecular weight excluding hydrogens is 215 g/mol. The highest BCUT2D eigenvalue weighted by Crippen LogP contribution is 1.99. The molecule has 0 fully saturated rings. The van der Waals surface area contributed by atoms with Crippen LogP contribution >= 0.6 is 22.6 Å². The third-order valence-corrected chi connectivity index (χ3v) is 1.85. The van der Waals surface area contributed by atoms with Crippen molar-refractivity contribution in [1.82, 2.24) is 4.90 Å². The van der Waals surface area contributed by atoms with Crippen LogP contribution in [0.4, 0.5) is 0 Å². The third kappa shape index (κ3) is 2.52. The highest BCUT2D eigenvalue weighted by molar-refractivity contribution is 14.1. The largest absolute Gasteiger partial charge is 0.365 e. The maximum absolute atomic E-state index is 5.31. The van der Waals surface area contributed by atoms with Gasteiger partial charge in [0, 0.05) is 17.2 Å². The van der Waals surface area contributed by atoms with Gasteiger partial charge in [-0.1, -0.05) is 29.2 Å². The van der Waals surface area contributed by atoms with Crippen LogP contribution < -0.4 is 5.73 Å². The summed E-state index contributed by atoms with van der Waals surface area (Å²) in [6, 6.07) is 0. The number of hydrogen-bond donors (Lipinski definition) is 1. The van der Waals surface area contributed by atoms with Crippen molar-refractivity contribution in [3.63, 3.8) is 0 Å². The van der Waals surface area contributed by atoms with Gasteiger partial charge in [-0.05, 0) is 0 Å². The van der Waals surface area contributed by atoms with Gasteiger partial charge in [0.2, 0.25) is 0 Å². The van der Waals surface area contributed by atoms with Gasteiger partial charge < -0.3 is 10.6 Å². The predicted octanol–water partition coefficient (Wildman–Crippen LogP) is 0.783. The lowest BCUT2D eigenvalue weighted by Crippen LogP contribution is -2.24. The van der Waals surface area contributed by atoms with Crippen molar-refractivity contribution < 1.29 is 0 Å². The van der Waals surface area contributed by atoms with E-state index >= 15 is 0 Å². The van der Waals surface area contributed by atoms with Gasteiger partial charge in [0.15, 0.2) is 0 Å². The maximum Gasteiger partial charge on any atom is 0.0650 e. The smallest absolute Gasteiger partial charge is 0.0650 e. The molecule has 0 atom stereocenters. The Morgan fingerprint density at radius 1 is 1.88 bits per heavy atom. The first-order valence-corrected chi connectivity index (χ1v) is 3.90. The van der Waals surface area contributed by atoms with Crippen LogP contribution in [0, 0.1) is 0 Å². The standard InChI is InChI=1S/C5H11IN2/c1-5(3-6)8(2)4-7/h1,3-4,7H2,2H3. The van der Waals surface area contributed by atoms with Crippen molar-refractivity contribution in [3.05, 3.63) is 12.3 Å². The van der Waals surface area contributed by atoms with Gasteiger partial charge in [-0.3, -0.25) is 0 Å². The Kier molecular flexibility index (Phi) is 4.26. The number of nitrogens with zero attached hydrogens (tertiary/aromatic N) is 1. The van der Waals surface area contributed by atoms with E-state index in [4.69, 9.17) is 5.73 Å². The molecule has 0 saturated carbocycles. The maximum atomic E-state index is 5.31. The summed E-state index contributed by atoms with van der Waals surface area (Å²) < 4.78 is 0.950. The summed E-state index contributed by atoms with van der Waals surface area (Å²) in [7, 11) is 1.93. The molecule has 0 aliphatic heterocycles. The lowest BCUT2D eigenvalue weighted by atomic mass is 10.5. The summed E-state index contributed by atoms with van der Waals surface area (Å²) >= 11 is 2.26. The van der Waals surface area contributed by atoms with Crippen LogP contribution in [0.1, 0.15) is 0 Å². The van der Waals surface area contributed by atoms with Crippen molar-refractivity contribution in [1.29, 1.82) is 0 Å². The number of alkyl halides is 1. The first-order chi connectivity index (χ1) is 3.72. The Morgan fingerprint density at radius 2 is 2.38 bits per heavy atom. The molecule has 0 heterocycles. The molecule has 0 bridgehead atoms. The highest BCUT2D eigenvalue weighted by atomic mass is 127. The first-order valence-electron chi connectivity index (χ1n) is 2.37. The second-order valence-corrected chi connectivity index (χ2v) is 2.34. The van der Waals surface area contributed by atoms with E-state index in [1.54, 1.807) is 0 Å². The summed E-state index contributed by atoms with van der Waals surface area (Å²) in [4.78, 5) is 1.92. The third-order valence-electron chi connectivity index (χ3n) is 0.968. The molecule has 3 heteroatoms. The Labute approximate surface area is 63.9 Å². The van der Waals surface area contributed by atoms with E-state index in [0.717, 1.165) is 10.1 Å². The highest BCUT2D eigenvalue weighted by Gasteiger charge is 1.93. The van der Waals surface area contributed by atoms with E-state index in [0.29, 0.717) is 6.67 Å². The lowest BCUT2D eigenvalue weighted by molar-refractivity contribution is 0.438. The summed E-state index contributed by atoms with van der Waals surface area (Å²) in [5.41, 5.74) is 6.39. The van der Waals surface area contributed by atoms with Gasteiger partial charge in [-0.2, -0.15) is 0 Å².